The van der Waals surface area contributed by atoms with Crippen LogP contribution in [-0.4, -0.2) is 105 Å². The molecule has 23 heavy (non-hydrogen) atoms. The minimum Gasteiger partial charge on any atom is -0.314 e. The predicted octanol–water partition coefficient (Wildman–Crippen LogP) is -0.881. The van der Waals surface area contributed by atoms with Crippen molar-refractivity contribution < 1.29 is 14.4 Å². The highest BCUT2D eigenvalue weighted by atomic mass is 16.1. The number of ketones is 1. The van der Waals surface area contributed by atoms with Crippen molar-refractivity contribution in [3.05, 3.63) is 0 Å². The predicted molar refractivity (Wildman–Crippen MR) is 91.7 cm³/mol. The van der Waals surface area contributed by atoms with E-state index in [9.17, 15) is 14.4 Å². The second kappa shape index (κ2) is 13.3. The Hall–Kier alpha value is -1.15. The second-order valence-corrected chi connectivity index (χ2v) is 5.66. The summed E-state index contributed by atoms with van der Waals surface area (Å²) in [5.74, 6) is 0.159. The second-order valence-electron chi connectivity index (χ2n) is 5.66. The van der Waals surface area contributed by atoms with E-state index < -0.39 is 0 Å². The van der Waals surface area contributed by atoms with Crippen molar-refractivity contribution in [1.29, 1.82) is 0 Å². The van der Waals surface area contributed by atoms with Gasteiger partial charge in [0.1, 0.15) is 18.4 Å². The first kappa shape index (κ1) is 21.9. The molecule has 1 saturated heterocycles. The van der Waals surface area contributed by atoms with E-state index in [-0.39, 0.29) is 13.2 Å². The minimum atomic E-state index is 0. The van der Waals surface area contributed by atoms with E-state index in [0.717, 1.165) is 64.9 Å². The maximum Gasteiger partial charge on any atom is 0.143 e. The fraction of sp³-hybridized carbons (Fsp3) is 0.812. The van der Waals surface area contributed by atoms with Crippen molar-refractivity contribution in [2.24, 2.45) is 0 Å². The molecule has 0 amide bonds. The van der Waals surface area contributed by atoms with Gasteiger partial charge in [-0.1, -0.05) is 7.43 Å². The van der Waals surface area contributed by atoms with E-state index in [2.05, 4.69) is 20.0 Å². The van der Waals surface area contributed by atoms with Gasteiger partial charge >= 0.3 is 0 Å². The number of carbonyl (C=O) groups excluding carboxylic acids is 3. The number of hydrogen-bond donors (Lipinski definition) is 1. The van der Waals surface area contributed by atoms with Gasteiger partial charge < -0.3 is 14.9 Å². The van der Waals surface area contributed by atoms with Gasteiger partial charge in [0.05, 0.1) is 19.6 Å². The quantitative estimate of drug-likeness (QED) is 0.635. The van der Waals surface area contributed by atoms with Crippen LogP contribution in [0.5, 0.6) is 0 Å². The van der Waals surface area contributed by atoms with Crippen LogP contribution in [0.15, 0.2) is 0 Å². The van der Waals surface area contributed by atoms with Crippen LogP contribution in [-0.2, 0) is 14.4 Å². The Labute approximate surface area is 140 Å². The molecule has 1 rings (SSSR count). The fourth-order valence-corrected chi connectivity index (χ4v) is 2.55. The van der Waals surface area contributed by atoms with Gasteiger partial charge in [0.15, 0.2) is 0 Å². The van der Waals surface area contributed by atoms with Gasteiger partial charge in [-0.2, -0.15) is 0 Å². The molecule has 0 radical (unpaired) electrons. The van der Waals surface area contributed by atoms with Crippen molar-refractivity contribution in [3.63, 3.8) is 0 Å². The molecule has 1 aliphatic heterocycles. The lowest BCUT2D eigenvalue weighted by Gasteiger charge is -2.29. The van der Waals surface area contributed by atoms with Crippen LogP contribution in [0.25, 0.3) is 0 Å². The highest BCUT2D eigenvalue weighted by molar-refractivity contribution is 5.77. The number of aldehydes is 2. The Morgan fingerprint density at radius 1 is 0.870 bits per heavy atom. The summed E-state index contributed by atoms with van der Waals surface area (Å²) >= 11 is 0. The van der Waals surface area contributed by atoms with Crippen LogP contribution in [0.3, 0.4) is 0 Å². The summed E-state index contributed by atoms with van der Waals surface area (Å²) in [5.41, 5.74) is 0. The number of nitrogens with one attached hydrogen (secondary N) is 1. The maximum atomic E-state index is 11.3. The summed E-state index contributed by atoms with van der Waals surface area (Å²) < 4.78 is 0. The molecule has 1 N–H and O–H groups in total. The van der Waals surface area contributed by atoms with Crippen molar-refractivity contribution >= 4 is 18.4 Å². The van der Waals surface area contributed by atoms with Crippen molar-refractivity contribution in [2.75, 3.05) is 72.0 Å². The van der Waals surface area contributed by atoms with Crippen molar-refractivity contribution in [3.8, 4) is 0 Å². The van der Waals surface area contributed by atoms with Crippen LogP contribution >= 0.6 is 0 Å². The summed E-state index contributed by atoms with van der Waals surface area (Å²) in [6.45, 7) is 9.14. The molecule has 7 heteroatoms. The third kappa shape index (κ3) is 10.3. The number of nitrogens with zero attached hydrogens (tertiary/aromatic N) is 3. The van der Waals surface area contributed by atoms with E-state index >= 15 is 0 Å². The number of carbonyl (C=O) groups is 3. The van der Waals surface area contributed by atoms with Crippen molar-refractivity contribution in [1.82, 2.24) is 20.0 Å². The molecule has 0 atom stereocenters. The monoisotopic (exact) mass is 328 g/mol. The van der Waals surface area contributed by atoms with Crippen molar-refractivity contribution in [2.45, 2.75) is 14.4 Å². The van der Waals surface area contributed by atoms with Gasteiger partial charge in [-0.3, -0.25) is 19.5 Å². The normalized spacial score (nSPS) is 19.9. The Bertz CT molecular complexity index is 352. The van der Waals surface area contributed by atoms with E-state index in [1.54, 1.807) is 6.92 Å². The Morgan fingerprint density at radius 3 is 1.78 bits per heavy atom. The first-order valence-corrected chi connectivity index (χ1v) is 7.90. The molecule has 1 fully saturated rings. The Morgan fingerprint density at radius 2 is 1.30 bits per heavy atom. The molecule has 0 spiro atoms. The molecule has 0 bridgehead atoms. The van der Waals surface area contributed by atoms with Gasteiger partial charge in [0.25, 0.3) is 0 Å². The molecule has 0 aromatic rings. The van der Waals surface area contributed by atoms with E-state index in [1.165, 1.54) is 0 Å². The van der Waals surface area contributed by atoms with E-state index in [0.29, 0.717) is 19.6 Å². The molecular weight excluding hydrogens is 296 g/mol. The highest BCUT2D eigenvalue weighted by Crippen LogP contribution is 1.96. The first-order valence-electron chi connectivity index (χ1n) is 7.90. The molecule has 0 unspecified atom stereocenters. The average molecular weight is 328 g/mol. The largest absolute Gasteiger partial charge is 0.314 e. The van der Waals surface area contributed by atoms with Crippen LogP contribution < -0.4 is 5.32 Å². The smallest absolute Gasteiger partial charge is 0.143 e. The summed E-state index contributed by atoms with van der Waals surface area (Å²) in [4.78, 5) is 39.2. The zero-order valence-corrected chi connectivity index (χ0v) is 13.5. The maximum absolute atomic E-state index is 11.3. The van der Waals surface area contributed by atoms with Crippen LogP contribution in [0.2, 0.25) is 0 Å². The number of Topliss-reactive ketones (excluding diaryl/α,β-unsaturated/α-hetero) is 1. The zero-order chi connectivity index (χ0) is 16.2. The van der Waals surface area contributed by atoms with E-state index in [4.69, 9.17) is 0 Å². The summed E-state index contributed by atoms with van der Waals surface area (Å²) in [7, 11) is 0. The van der Waals surface area contributed by atoms with Gasteiger partial charge in [-0.15, -0.1) is 0 Å². The standard InChI is InChI=1S/C15H28N4O3.CH4/c1-15(22)14-19-5-3-16-2-4-17(10-12-20)6-7-18(8-9-19)11-13-21;/h12-13,16H,2-11,14H2,1H3;1H4. The lowest BCUT2D eigenvalue weighted by Crippen LogP contribution is -2.46. The van der Waals surface area contributed by atoms with Crippen LogP contribution in [0, 0.1) is 0 Å². The van der Waals surface area contributed by atoms with Gasteiger partial charge in [-0.25, -0.2) is 0 Å². The SMILES string of the molecule is C.CC(=O)CN1CCNCCN(CC=O)CCN(CC=O)CC1. The molecular formula is C16H32N4O3. The molecule has 0 saturated carbocycles. The molecule has 0 aromatic heterocycles. The van der Waals surface area contributed by atoms with E-state index in [1.807, 2.05) is 0 Å². The topological polar surface area (TPSA) is 73.0 Å². The van der Waals surface area contributed by atoms with Gasteiger partial charge in [0, 0.05) is 52.4 Å². The molecule has 1 heterocycles. The Balaban J connectivity index is 0.00000484. The minimum absolute atomic E-state index is 0. The summed E-state index contributed by atoms with van der Waals surface area (Å²) in [6, 6.07) is 0. The molecule has 1 aliphatic rings. The van der Waals surface area contributed by atoms with Gasteiger partial charge in [0.2, 0.25) is 0 Å². The lowest BCUT2D eigenvalue weighted by molar-refractivity contribution is -0.118. The van der Waals surface area contributed by atoms with Crippen LogP contribution in [0.4, 0.5) is 0 Å². The van der Waals surface area contributed by atoms with Crippen LogP contribution in [0.1, 0.15) is 14.4 Å². The number of rotatable bonds is 6. The lowest BCUT2D eigenvalue weighted by atomic mass is 10.3. The number of hydrogen-bond acceptors (Lipinski definition) is 7. The summed E-state index contributed by atoms with van der Waals surface area (Å²) in [6.07, 6.45) is 1.83. The highest BCUT2D eigenvalue weighted by Gasteiger charge is 2.13. The fourth-order valence-electron chi connectivity index (χ4n) is 2.55. The Kier molecular flexibility index (Phi) is 12.6. The molecule has 7 nitrogen and oxygen atoms in total. The molecule has 0 aromatic carbocycles. The molecule has 0 aliphatic carbocycles. The average Bonchev–Trinajstić information content (AvgIpc) is 2.46. The van der Waals surface area contributed by atoms with Gasteiger partial charge in [-0.05, 0) is 6.92 Å². The molecule has 134 valence electrons. The summed E-state index contributed by atoms with van der Waals surface area (Å²) in [5, 5.41) is 3.35. The zero-order valence-electron chi connectivity index (χ0n) is 13.5. The third-order valence-corrected chi connectivity index (χ3v) is 3.79. The third-order valence-electron chi connectivity index (χ3n) is 3.79. The first-order chi connectivity index (χ1) is 10.7.